The molecular formula is C18H30N2O3. The van der Waals surface area contributed by atoms with Gasteiger partial charge in [0, 0.05) is 18.3 Å². The summed E-state index contributed by atoms with van der Waals surface area (Å²) in [7, 11) is 0. The Labute approximate surface area is 139 Å². The molecule has 0 spiro atoms. The van der Waals surface area contributed by atoms with E-state index in [1.165, 1.54) is 0 Å². The first-order valence-electron chi connectivity index (χ1n) is 8.23. The maximum absolute atomic E-state index is 11.5. The normalized spacial score (nSPS) is 12.4. The number of rotatable bonds is 8. The summed E-state index contributed by atoms with van der Waals surface area (Å²) < 4.78 is 10.8. The molecule has 1 rings (SSSR count). The van der Waals surface area contributed by atoms with E-state index in [0.29, 0.717) is 19.1 Å². The highest BCUT2D eigenvalue weighted by atomic mass is 16.6. The molecule has 0 bridgehead atoms. The summed E-state index contributed by atoms with van der Waals surface area (Å²) in [4.78, 5) is 11.5. The number of benzene rings is 1. The van der Waals surface area contributed by atoms with Crippen LogP contribution in [0.5, 0.6) is 5.75 Å². The minimum absolute atomic E-state index is 0.397. The zero-order valence-electron chi connectivity index (χ0n) is 14.9. The van der Waals surface area contributed by atoms with E-state index < -0.39 is 11.7 Å². The van der Waals surface area contributed by atoms with Gasteiger partial charge < -0.3 is 20.1 Å². The van der Waals surface area contributed by atoms with Crippen LogP contribution in [0.2, 0.25) is 0 Å². The summed E-state index contributed by atoms with van der Waals surface area (Å²) >= 11 is 0. The maximum atomic E-state index is 11.5. The number of amides is 1. The van der Waals surface area contributed by atoms with Crippen LogP contribution in [-0.2, 0) is 4.74 Å². The Morgan fingerprint density at radius 3 is 2.70 bits per heavy atom. The summed E-state index contributed by atoms with van der Waals surface area (Å²) in [5, 5.41) is 6.07. The number of anilines is 1. The van der Waals surface area contributed by atoms with Gasteiger partial charge in [-0.1, -0.05) is 26.3 Å². The molecule has 1 unspecified atom stereocenters. The van der Waals surface area contributed by atoms with Crippen LogP contribution in [0.25, 0.3) is 0 Å². The molecule has 5 heteroatoms. The van der Waals surface area contributed by atoms with Gasteiger partial charge in [-0.3, -0.25) is 0 Å². The maximum Gasteiger partial charge on any atom is 0.407 e. The van der Waals surface area contributed by atoms with Gasteiger partial charge >= 0.3 is 6.09 Å². The van der Waals surface area contributed by atoms with Gasteiger partial charge in [-0.05, 0) is 38.8 Å². The zero-order valence-corrected chi connectivity index (χ0v) is 14.9. The summed E-state index contributed by atoms with van der Waals surface area (Å²) in [5.74, 6) is 1.42. The highest BCUT2D eigenvalue weighted by Gasteiger charge is 2.15. The highest BCUT2D eigenvalue weighted by Crippen LogP contribution is 2.17. The predicted octanol–water partition coefficient (Wildman–Crippen LogP) is 4.05. The fourth-order valence-electron chi connectivity index (χ4n) is 1.77. The summed E-state index contributed by atoms with van der Waals surface area (Å²) in [6.07, 6.45) is 0.726. The second-order valence-electron chi connectivity index (χ2n) is 6.70. The molecule has 0 radical (unpaired) electrons. The first-order chi connectivity index (χ1) is 10.8. The molecule has 0 heterocycles. The van der Waals surface area contributed by atoms with Crippen molar-refractivity contribution in [3.05, 3.63) is 24.3 Å². The third-order valence-corrected chi connectivity index (χ3v) is 3.22. The van der Waals surface area contributed by atoms with E-state index in [0.717, 1.165) is 24.4 Å². The molecule has 2 N–H and O–H groups in total. The minimum atomic E-state index is -0.486. The number of carbonyl (C=O) groups is 1. The minimum Gasteiger partial charge on any atom is -0.492 e. The molecule has 130 valence electrons. The number of hydrogen-bond donors (Lipinski definition) is 2. The van der Waals surface area contributed by atoms with Crippen LogP contribution in [-0.4, -0.2) is 31.4 Å². The number of hydrogen-bond acceptors (Lipinski definition) is 4. The highest BCUT2D eigenvalue weighted by molar-refractivity contribution is 5.67. The lowest BCUT2D eigenvalue weighted by atomic mass is 10.1. The molecule has 1 aromatic rings. The largest absolute Gasteiger partial charge is 0.492 e. The zero-order chi connectivity index (χ0) is 17.3. The molecule has 0 aromatic heterocycles. The second kappa shape index (κ2) is 9.28. The topological polar surface area (TPSA) is 59.6 Å². The van der Waals surface area contributed by atoms with Crippen molar-refractivity contribution in [2.24, 2.45) is 5.92 Å². The SMILES string of the molecule is CCC(C)CNc1cccc(OCCNC(=O)OC(C)(C)C)c1. The van der Waals surface area contributed by atoms with Crippen LogP contribution in [0.4, 0.5) is 10.5 Å². The molecule has 0 aliphatic rings. The van der Waals surface area contributed by atoms with Crippen LogP contribution < -0.4 is 15.4 Å². The van der Waals surface area contributed by atoms with E-state index in [1.807, 2.05) is 45.0 Å². The van der Waals surface area contributed by atoms with E-state index in [9.17, 15) is 4.79 Å². The summed E-state index contributed by atoms with van der Waals surface area (Å²) in [5.41, 5.74) is 0.559. The number of ether oxygens (including phenoxy) is 2. The standard InChI is InChI=1S/C18H30N2O3/c1-6-14(2)13-20-15-8-7-9-16(12-15)22-11-10-19-17(21)23-18(3,4)5/h7-9,12,14,20H,6,10-11,13H2,1-5H3,(H,19,21). The van der Waals surface area contributed by atoms with Crippen molar-refractivity contribution in [2.45, 2.75) is 46.6 Å². The van der Waals surface area contributed by atoms with Crippen molar-refractivity contribution < 1.29 is 14.3 Å². The van der Waals surface area contributed by atoms with Gasteiger partial charge in [-0.25, -0.2) is 4.79 Å². The molecule has 5 nitrogen and oxygen atoms in total. The van der Waals surface area contributed by atoms with Gasteiger partial charge in [0.2, 0.25) is 0 Å². The van der Waals surface area contributed by atoms with Gasteiger partial charge in [0.1, 0.15) is 18.0 Å². The average molecular weight is 322 g/mol. The van der Waals surface area contributed by atoms with E-state index in [2.05, 4.69) is 24.5 Å². The molecule has 1 aromatic carbocycles. The van der Waals surface area contributed by atoms with E-state index in [1.54, 1.807) is 0 Å². The molecule has 1 atom stereocenters. The van der Waals surface area contributed by atoms with Crippen LogP contribution in [0, 0.1) is 5.92 Å². The van der Waals surface area contributed by atoms with Gasteiger partial charge in [0.05, 0.1) is 6.54 Å². The first-order valence-corrected chi connectivity index (χ1v) is 8.23. The monoisotopic (exact) mass is 322 g/mol. The molecule has 0 aliphatic heterocycles. The molecule has 1 amide bonds. The lowest BCUT2D eigenvalue weighted by molar-refractivity contribution is 0.0520. The second-order valence-corrected chi connectivity index (χ2v) is 6.70. The lowest BCUT2D eigenvalue weighted by Gasteiger charge is -2.19. The van der Waals surface area contributed by atoms with Crippen molar-refractivity contribution in [3.8, 4) is 5.75 Å². The van der Waals surface area contributed by atoms with Crippen molar-refractivity contribution in [3.63, 3.8) is 0 Å². The lowest BCUT2D eigenvalue weighted by Crippen LogP contribution is -2.34. The third-order valence-electron chi connectivity index (χ3n) is 3.22. The van der Waals surface area contributed by atoms with E-state index in [4.69, 9.17) is 9.47 Å². The Morgan fingerprint density at radius 1 is 1.30 bits per heavy atom. The van der Waals surface area contributed by atoms with Gasteiger partial charge in [0.15, 0.2) is 0 Å². The quantitative estimate of drug-likeness (QED) is 0.709. The van der Waals surface area contributed by atoms with Crippen molar-refractivity contribution in [1.82, 2.24) is 5.32 Å². The molecule has 0 saturated heterocycles. The summed E-state index contributed by atoms with van der Waals surface area (Å²) in [6.45, 7) is 11.6. The van der Waals surface area contributed by atoms with Crippen LogP contribution >= 0.6 is 0 Å². The fourth-order valence-corrected chi connectivity index (χ4v) is 1.77. The first kappa shape index (κ1) is 19.1. The van der Waals surface area contributed by atoms with E-state index in [-0.39, 0.29) is 0 Å². The Hall–Kier alpha value is -1.91. The molecule has 0 saturated carbocycles. The van der Waals surface area contributed by atoms with Crippen LogP contribution in [0.15, 0.2) is 24.3 Å². The summed E-state index contributed by atoms with van der Waals surface area (Å²) in [6, 6.07) is 7.85. The van der Waals surface area contributed by atoms with Crippen LogP contribution in [0.1, 0.15) is 41.0 Å². The number of carbonyl (C=O) groups excluding carboxylic acids is 1. The number of nitrogens with one attached hydrogen (secondary N) is 2. The van der Waals surface area contributed by atoms with E-state index >= 15 is 0 Å². The Morgan fingerprint density at radius 2 is 2.04 bits per heavy atom. The Bertz CT molecular complexity index is 483. The molecule has 0 aliphatic carbocycles. The third kappa shape index (κ3) is 8.96. The number of alkyl carbamates (subject to hydrolysis) is 1. The molecule has 0 fully saturated rings. The van der Waals surface area contributed by atoms with Crippen molar-refractivity contribution >= 4 is 11.8 Å². The smallest absolute Gasteiger partial charge is 0.407 e. The average Bonchev–Trinajstić information content (AvgIpc) is 2.48. The van der Waals surface area contributed by atoms with Gasteiger partial charge in [0.25, 0.3) is 0 Å². The van der Waals surface area contributed by atoms with Crippen LogP contribution in [0.3, 0.4) is 0 Å². The Kier molecular flexibility index (Phi) is 7.72. The molecule has 23 heavy (non-hydrogen) atoms. The fraction of sp³-hybridized carbons (Fsp3) is 0.611. The molecular weight excluding hydrogens is 292 g/mol. The van der Waals surface area contributed by atoms with Gasteiger partial charge in [-0.15, -0.1) is 0 Å². The van der Waals surface area contributed by atoms with Crippen molar-refractivity contribution in [2.75, 3.05) is 25.0 Å². The predicted molar refractivity (Wildman–Crippen MR) is 94.1 cm³/mol. The van der Waals surface area contributed by atoms with Crippen molar-refractivity contribution in [1.29, 1.82) is 0 Å². The Balaban J connectivity index is 2.31. The van der Waals surface area contributed by atoms with Gasteiger partial charge in [-0.2, -0.15) is 0 Å².